The van der Waals surface area contributed by atoms with Crippen LogP contribution >= 0.6 is 0 Å². The van der Waals surface area contributed by atoms with Gasteiger partial charge in [-0.1, -0.05) is 6.07 Å². The van der Waals surface area contributed by atoms with Crippen LogP contribution in [0.5, 0.6) is 0 Å². The first-order valence-electron chi connectivity index (χ1n) is 8.21. The topological polar surface area (TPSA) is 41.6 Å². The molecule has 0 bridgehead atoms. The zero-order valence-electron chi connectivity index (χ0n) is 14.2. The van der Waals surface area contributed by atoms with Crippen molar-refractivity contribution in [3.05, 3.63) is 35.1 Å². The number of hydrogen-bond acceptors (Lipinski definition) is 3. The van der Waals surface area contributed by atoms with E-state index in [2.05, 4.69) is 5.32 Å². The molecule has 3 rings (SSSR count). The summed E-state index contributed by atoms with van der Waals surface area (Å²) in [6.45, 7) is 9.86. The number of fused-ring (bicyclic) bond motifs is 1. The smallest absolute Gasteiger partial charge is 0.410 e. The average molecular weight is 320 g/mol. The molecule has 1 saturated heterocycles. The predicted molar refractivity (Wildman–Crippen MR) is 86.6 cm³/mol. The maximum Gasteiger partial charge on any atom is 0.410 e. The van der Waals surface area contributed by atoms with Crippen LogP contribution in [0.3, 0.4) is 0 Å². The molecule has 1 N–H and O–H groups in total. The number of carbonyl (C=O) groups excluding carboxylic acids is 1. The quantitative estimate of drug-likeness (QED) is 0.930. The van der Waals surface area contributed by atoms with Crippen molar-refractivity contribution in [1.82, 2.24) is 10.2 Å². The highest BCUT2D eigenvalue weighted by Crippen LogP contribution is 2.45. The van der Waals surface area contributed by atoms with E-state index in [0.717, 1.165) is 30.8 Å². The van der Waals surface area contributed by atoms with E-state index in [4.69, 9.17) is 4.74 Å². The highest BCUT2D eigenvalue weighted by Gasteiger charge is 2.56. The fourth-order valence-corrected chi connectivity index (χ4v) is 3.39. The van der Waals surface area contributed by atoms with Crippen molar-refractivity contribution in [3.8, 4) is 0 Å². The van der Waals surface area contributed by atoms with Gasteiger partial charge in [0.1, 0.15) is 11.4 Å². The zero-order chi connectivity index (χ0) is 16.8. The number of rotatable bonds is 3. The molecule has 2 unspecified atom stereocenters. The molecule has 126 valence electrons. The molecule has 1 amide bonds. The first kappa shape index (κ1) is 16.2. The van der Waals surface area contributed by atoms with Gasteiger partial charge in [-0.25, -0.2) is 9.18 Å². The number of amides is 1. The Morgan fingerprint density at radius 3 is 2.57 bits per heavy atom. The Kier molecular flexibility index (Phi) is 4.08. The maximum absolute atomic E-state index is 13.1. The lowest BCUT2D eigenvalue weighted by atomic mass is 10.1. The van der Waals surface area contributed by atoms with Crippen LogP contribution in [-0.4, -0.2) is 35.7 Å². The normalized spacial score (nSPS) is 26.1. The molecule has 23 heavy (non-hydrogen) atoms. The van der Waals surface area contributed by atoms with Crippen LogP contribution in [0.2, 0.25) is 0 Å². The molecule has 1 saturated carbocycles. The second kappa shape index (κ2) is 5.78. The molecular formula is C18H25FN2O2. The number of aryl methyl sites for hydroxylation is 1. The van der Waals surface area contributed by atoms with Crippen molar-refractivity contribution in [3.63, 3.8) is 0 Å². The highest BCUT2D eigenvalue weighted by atomic mass is 19.1. The van der Waals surface area contributed by atoms with Crippen LogP contribution in [0.25, 0.3) is 0 Å². The van der Waals surface area contributed by atoms with Gasteiger partial charge in [0.2, 0.25) is 0 Å². The Bertz CT molecular complexity index is 600. The summed E-state index contributed by atoms with van der Waals surface area (Å²) in [5, 5.41) is 3.54. The highest BCUT2D eigenvalue weighted by molar-refractivity contribution is 5.69. The molecule has 1 aromatic rings. The van der Waals surface area contributed by atoms with Gasteiger partial charge in [0.05, 0.1) is 0 Å². The lowest BCUT2D eigenvalue weighted by molar-refractivity contribution is 0.0269. The minimum absolute atomic E-state index is 0.192. The summed E-state index contributed by atoms with van der Waals surface area (Å²) < 4.78 is 18.5. The lowest BCUT2D eigenvalue weighted by Crippen LogP contribution is -2.39. The average Bonchev–Trinajstić information content (AvgIpc) is 2.88. The molecule has 1 aliphatic heterocycles. The van der Waals surface area contributed by atoms with Crippen LogP contribution in [0.1, 0.15) is 31.9 Å². The van der Waals surface area contributed by atoms with E-state index in [0.29, 0.717) is 17.9 Å². The van der Waals surface area contributed by atoms with E-state index >= 15 is 0 Å². The molecule has 5 heteroatoms. The number of ether oxygens (including phenoxy) is 1. The number of benzene rings is 1. The van der Waals surface area contributed by atoms with E-state index in [9.17, 15) is 9.18 Å². The number of hydrogen-bond donors (Lipinski definition) is 1. The van der Waals surface area contributed by atoms with Crippen molar-refractivity contribution in [2.75, 3.05) is 13.1 Å². The van der Waals surface area contributed by atoms with Crippen LogP contribution in [0, 0.1) is 24.6 Å². The molecule has 0 aromatic heterocycles. The Morgan fingerprint density at radius 2 is 2.00 bits per heavy atom. The second-order valence-electron chi connectivity index (χ2n) is 7.69. The molecule has 0 radical (unpaired) electrons. The monoisotopic (exact) mass is 320 g/mol. The number of nitrogens with zero attached hydrogens (tertiary/aromatic N) is 1. The third kappa shape index (κ3) is 3.66. The Morgan fingerprint density at radius 1 is 1.35 bits per heavy atom. The fourth-order valence-electron chi connectivity index (χ4n) is 3.39. The third-order valence-corrected chi connectivity index (χ3v) is 4.68. The van der Waals surface area contributed by atoms with Crippen molar-refractivity contribution < 1.29 is 13.9 Å². The van der Waals surface area contributed by atoms with Crippen molar-refractivity contribution in [2.24, 2.45) is 11.8 Å². The van der Waals surface area contributed by atoms with Gasteiger partial charge in [-0.15, -0.1) is 0 Å². The molecule has 1 aromatic carbocycles. The summed E-state index contributed by atoms with van der Waals surface area (Å²) in [6.07, 6.45) is -0.210. The number of piperidine rings is 1. The van der Waals surface area contributed by atoms with Crippen LogP contribution in [0.4, 0.5) is 9.18 Å². The summed E-state index contributed by atoms with van der Waals surface area (Å²) >= 11 is 0. The number of halogens is 1. The molecule has 2 aliphatic rings. The van der Waals surface area contributed by atoms with E-state index in [-0.39, 0.29) is 11.9 Å². The molecular weight excluding hydrogens is 295 g/mol. The minimum Gasteiger partial charge on any atom is -0.444 e. The minimum atomic E-state index is -0.443. The fraction of sp³-hybridized carbons (Fsp3) is 0.611. The standard InChI is InChI=1S/C18H25FN2O2/c1-11-7-13(19)6-5-12(11)8-20-16-14-9-21(10-15(14)16)17(22)23-18(2,3)4/h5-7,14-16,20H,8-10H2,1-4H3. The van der Waals surface area contributed by atoms with Crippen molar-refractivity contribution >= 4 is 6.09 Å². The largest absolute Gasteiger partial charge is 0.444 e. The first-order valence-corrected chi connectivity index (χ1v) is 8.21. The van der Waals surface area contributed by atoms with Crippen LogP contribution in [0.15, 0.2) is 18.2 Å². The van der Waals surface area contributed by atoms with Gasteiger partial charge in [-0.05, 0) is 62.8 Å². The predicted octanol–water partition coefficient (Wildman–Crippen LogP) is 3.09. The van der Waals surface area contributed by atoms with E-state index in [1.165, 1.54) is 6.07 Å². The zero-order valence-corrected chi connectivity index (χ0v) is 14.2. The number of likely N-dealkylation sites (tertiary alicyclic amines) is 1. The van der Waals surface area contributed by atoms with E-state index in [1.54, 1.807) is 6.07 Å². The maximum atomic E-state index is 13.1. The molecule has 1 heterocycles. The van der Waals surface area contributed by atoms with Crippen molar-refractivity contribution in [1.29, 1.82) is 0 Å². The Hall–Kier alpha value is -1.62. The van der Waals surface area contributed by atoms with Crippen molar-refractivity contribution in [2.45, 2.75) is 45.9 Å². The Labute approximate surface area is 137 Å². The lowest BCUT2D eigenvalue weighted by Gasteiger charge is -2.26. The summed E-state index contributed by atoms with van der Waals surface area (Å²) in [7, 11) is 0. The van der Waals surface area contributed by atoms with Gasteiger partial charge in [0, 0.05) is 25.7 Å². The second-order valence-corrected chi connectivity index (χ2v) is 7.69. The first-order chi connectivity index (χ1) is 10.7. The SMILES string of the molecule is Cc1cc(F)ccc1CNC1C2CN(C(=O)OC(C)(C)C)CC21. The number of carbonyl (C=O) groups is 1. The molecule has 2 fully saturated rings. The van der Waals surface area contributed by atoms with Gasteiger partial charge < -0.3 is 15.0 Å². The summed E-state index contributed by atoms with van der Waals surface area (Å²) in [5.41, 5.74) is 1.65. The molecule has 1 aliphatic carbocycles. The van der Waals surface area contributed by atoms with E-state index < -0.39 is 5.60 Å². The summed E-state index contributed by atoms with van der Waals surface area (Å²) in [4.78, 5) is 13.8. The van der Waals surface area contributed by atoms with Gasteiger partial charge >= 0.3 is 6.09 Å². The molecule has 0 spiro atoms. The molecule has 2 atom stereocenters. The van der Waals surface area contributed by atoms with E-state index in [1.807, 2.05) is 38.7 Å². The van der Waals surface area contributed by atoms with Gasteiger partial charge in [0.25, 0.3) is 0 Å². The summed E-state index contributed by atoms with van der Waals surface area (Å²) in [6, 6.07) is 5.36. The third-order valence-electron chi connectivity index (χ3n) is 4.68. The van der Waals surface area contributed by atoms with Crippen LogP contribution in [-0.2, 0) is 11.3 Å². The van der Waals surface area contributed by atoms with Gasteiger partial charge in [0.15, 0.2) is 0 Å². The summed E-state index contributed by atoms with van der Waals surface area (Å²) in [5.74, 6) is 0.842. The van der Waals surface area contributed by atoms with Gasteiger partial charge in [-0.2, -0.15) is 0 Å². The van der Waals surface area contributed by atoms with Crippen LogP contribution < -0.4 is 5.32 Å². The Balaban J connectivity index is 1.46. The van der Waals surface area contributed by atoms with Gasteiger partial charge in [-0.3, -0.25) is 0 Å². The molecule has 4 nitrogen and oxygen atoms in total. The number of nitrogens with one attached hydrogen (secondary N) is 1.